The van der Waals surface area contributed by atoms with Crippen molar-refractivity contribution in [2.24, 2.45) is 0 Å². The Hall–Kier alpha value is -3.41. The molecule has 1 aliphatic heterocycles. The number of esters is 1. The van der Waals surface area contributed by atoms with Gasteiger partial charge in [0.25, 0.3) is 11.8 Å². The van der Waals surface area contributed by atoms with Gasteiger partial charge in [-0.25, -0.2) is 14.8 Å². The normalized spacial score (nSPS) is 16.2. The number of rotatable bonds is 9. The zero-order valence-electron chi connectivity index (χ0n) is 21.4. The molecule has 0 spiro atoms. The average Bonchev–Trinajstić information content (AvgIpc) is 3.31. The van der Waals surface area contributed by atoms with Crippen LogP contribution in [-0.4, -0.2) is 45.4 Å². The number of imide groups is 1. The van der Waals surface area contributed by atoms with Crippen LogP contribution in [-0.2, 0) is 41.7 Å². The lowest BCUT2D eigenvalue weighted by molar-refractivity contribution is -0.689. The highest BCUT2D eigenvalue weighted by Gasteiger charge is 2.32. The first kappa shape index (κ1) is 18.2. The highest BCUT2D eigenvalue weighted by atomic mass is 32.1. The van der Waals surface area contributed by atoms with Gasteiger partial charge in [-0.15, -0.1) is 5.06 Å². The molecule has 2 aromatic rings. The van der Waals surface area contributed by atoms with Crippen molar-refractivity contribution in [3.8, 4) is 0 Å². The van der Waals surface area contributed by atoms with E-state index in [1.807, 2.05) is 17.0 Å². The predicted octanol–water partition coefficient (Wildman–Crippen LogP) is 0.546. The zero-order valence-corrected chi connectivity index (χ0v) is 18.2. The number of hydrogen-bond donors (Lipinski definition) is 1. The number of anilines is 1. The number of hydrogen-bond acceptors (Lipinski definition) is 10. The summed E-state index contributed by atoms with van der Waals surface area (Å²) in [4.78, 5) is 61.2. The molecule has 11 nitrogen and oxygen atoms in total. The van der Waals surface area contributed by atoms with Gasteiger partial charge in [-0.2, -0.15) is 4.57 Å². The third kappa shape index (κ3) is 5.84. The van der Waals surface area contributed by atoms with Crippen LogP contribution in [0.15, 0.2) is 11.7 Å². The lowest BCUT2D eigenvalue weighted by atomic mass is 10.2. The molecule has 3 rings (SSSR count). The smallest absolute Gasteiger partial charge is 0.333 e. The highest BCUT2D eigenvalue weighted by Crippen LogP contribution is 2.15. The van der Waals surface area contributed by atoms with Gasteiger partial charge < -0.3 is 15.3 Å². The van der Waals surface area contributed by atoms with Crippen LogP contribution in [0.25, 0.3) is 0 Å². The largest absolute Gasteiger partial charge is 0.465 e. The maximum absolute atomic E-state index is 12.3. The Labute approximate surface area is 193 Å². The lowest BCUT2D eigenvalue weighted by Gasteiger charge is -2.12. The maximum atomic E-state index is 12.3. The Morgan fingerprint density at radius 2 is 1.94 bits per heavy atom. The summed E-state index contributed by atoms with van der Waals surface area (Å²) in [5, 5.41) is 0.0761. The number of thiazole rings is 1. The number of hydroxylamine groups is 2. The van der Waals surface area contributed by atoms with Crippen molar-refractivity contribution in [1.29, 1.82) is 0 Å². The van der Waals surface area contributed by atoms with Crippen LogP contribution in [0.5, 0.6) is 0 Å². The molecule has 1 saturated heterocycles. The van der Waals surface area contributed by atoms with Gasteiger partial charge >= 0.3 is 11.9 Å². The van der Waals surface area contributed by atoms with Crippen LogP contribution < -0.4 is 10.3 Å². The number of nitrogens with zero attached hydrogens (tertiary/aromatic N) is 4. The van der Waals surface area contributed by atoms with Gasteiger partial charge in [0.2, 0.25) is 5.51 Å². The maximum Gasteiger partial charge on any atom is 0.333 e. The van der Waals surface area contributed by atoms with Crippen LogP contribution in [0.1, 0.15) is 53.0 Å². The minimum Gasteiger partial charge on any atom is -0.465 e. The van der Waals surface area contributed by atoms with Gasteiger partial charge in [-0.1, -0.05) is 11.3 Å². The molecule has 0 aromatic carbocycles. The Kier molecular flexibility index (Phi) is 5.84. The number of carbonyl (C=O) groups is 4. The molecule has 170 valence electrons. The summed E-state index contributed by atoms with van der Waals surface area (Å²) in [6.45, 7) is 3.70. The van der Waals surface area contributed by atoms with E-state index in [2.05, 4.69) is 14.8 Å². The fraction of sp³-hybridized carbons (Fsp3) is 0.450. The van der Waals surface area contributed by atoms with E-state index in [0.29, 0.717) is 18.2 Å². The van der Waals surface area contributed by atoms with Crippen molar-refractivity contribution >= 4 is 40.9 Å². The number of nitrogens with two attached hydrogens (primary N) is 1. The Bertz CT molecular complexity index is 1210. The van der Waals surface area contributed by atoms with Crippen molar-refractivity contribution in [2.75, 3.05) is 12.3 Å². The predicted molar refractivity (Wildman–Crippen MR) is 111 cm³/mol. The quantitative estimate of drug-likeness (QED) is 0.318. The molecule has 2 N–H and O–H groups in total. The first-order valence-corrected chi connectivity index (χ1v) is 10.4. The molecule has 0 aliphatic carbocycles. The van der Waals surface area contributed by atoms with Crippen molar-refractivity contribution in [3.63, 3.8) is 0 Å². The van der Waals surface area contributed by atoms with Gasteiger partial charge in [0.15, 0.2) is 12.2 Å². The third-order valence-electron chi connectivity index (χ3n) is 4.52. The highest BCUT2D eigenvalue weighted by molar-refractivity contribution is 7.09. The molecule has 2 amide bonds. The number of aromatic nitrogens is 3. The molecule has 3 heterocycles. The molecule has 12 heteroatoms. The number of aryl methyl sites for hydroxylation is 1. The molecule has 0 bridgehead atoms. The minimum absolute atomic E-state index is 0.0761. The number of ether oxygens (including phenoxy) is 1. The van der Waals surface area contributed by atoms with E-state index in [1.54, 1.807) is 13.1 Å². The van der Waals surface area contributed by atoms with Crippen LogP contribution >= 0.6 is 11.3 Å². The van der Waals surface area contributed by atoms with Crippen LogP contribution in [0, 0.1) is 13.8 Å². The topological polar surface area (TPSA) is 146 Å². The first-order valence-electron chi connectivity index (χ1n) is 11.6. The van der Waals surface area contributed by atoms with Gasteiger partial charge in [-0.3, -0.25) is 14.4 Å². The Morgan fingerprint density at radius 1 is 1.25 bits per heavy atom. The molecular formula is C20H24N5O6S+. The molecule has 0 radical (unpaired) electrons. The lowest BCUT2D eigenvalue weighted by Crippen LogP contribution is -2.35. The van der Waals surface area contributed by atoms with E-state index < -0.39 is 36.5 Å². The second-order valence-corrected chi connectivity index (χ2v) is 7.72. The fourth-order valence-corrected chi connectivity index (χ4v) is 3.78. The van der Waals surface area contributed by atoms with Crippen molar-refractivity contribution < 1.29 is 38.8 Å². The van der Waals surface area contributed by atoms with Crippen LogP contribution in [0.3, 0.4) is 0 Å². The van der Waals surface area contributed by atoms with Crippen molar-refractivity contribution in [2.45, 2.75) is 52.4 Å². The molecule has 1 aliphatic rings. The van der Waals surface area contributed by atoms with E-state index in [9.17, 15) is 19.2 Å². The van der Waals surface area contributed by atoms with Gasteiger partial charge in [0.05, 0.1) is 29.8 Å². The van der Waals surface area contributed by atoms with Crippen molar-refractivity contribution in [3.05, 3.63) is 33.7 Å². The van der Waals surface area contributed by atoms with Crippen molar-refractivity contribution in [1.82, 2.24) is 15.0 Å². The van der Waals surface area contributed by atoms with Gasteiger partial charge in [-0.05, 0) is 6.92 Å². The number of carbonyl (C=O) groups excluding carboxylic acids is 4. The van der Waals surface area contributed by atoms with E-state index >= 15 is 0 Å². The number of amides is 2. The van der Waals surface area contributed by atoms with E-state index in [0.717, 1.165) is 16.1 Å². The zero-order chi connectivity index (χ0) is 26.8. The second-order valence-electron chi connectivity index (χ2n) is 6.78. The molecule has 32 heavy (non-hydrogen) atoms. The van der Waals surface area contributed by atoms with E-state index in [-0.39, 0.29) is 30.9 Å². The van der Waals surface area contributed by atoms with Gasteiger partial charge in [0, 0.05) is 37.9 Å². The van der Waals surface area contributed by atoms with Crippen LogP contribution in [0.4, 0.5) is 5.82 Å². The first-order chi connectivity index (χ1) is 16.8. The summed E-state index contributed by atoms with van der Waals surface area (Å²) < 4.78 is 38.1. The van der Waals surface area contributed by atoms with E-state index in [4.69, 9.17) is 16.0 Å². The monoisotopic (exact) mass is 466 g/mol. The fourth-order valence-electron chi connectivity index (χ4n) is 2.80. The average molecular weight is 467 g/mol. The molecule has 0 atom stereocenters. The molecule has 1 fully saturated rings. The summed E-state index contributed by atoms with van der Waals surface area (Å²) >= 11 is 1.37. The molecule has 0 unspecified atom stereocenters. The standard InChI is InChI=1S/C20H24N5O6S/c1-12-15(32-11-24(12)10-14-9-22-13(2)23-20(14)21)7-8-30-18(28)5-6-19(29)31-25-16(26)3-4-17(25)27/h9,11H,3-8,10H2,1-2H3,(H2,21,22,23)/q+1/i5D2,6D2. The summed E-state index contributed by atoms with van der Waals surface area (Å²) in [5.74, 6) is -4.34. The SMILES string of the molecule is [2H]C([2H])(C(=O)OCCc1sc[n+](Cc2cnc(C)nc2N)c1C)C([2H])([2H])C(=O)ON1C(=O)CCC1=O. The summed E-state index contributed by atoms with van der Waals surface area (Å²) in [6, 6.07) is 0. The van der Waals surface area contributed by atoms with Crippen LogP contribution in [0.2, 0.25) is 0 Å². The third-order valence-corrected chi connectivity index (χ3v) is 5.67. The van der Waals surface area contributed by atoms with Gasteiger partial charge in [0.1, 0.15) is 11.6 Å². The second kappa shape index (κ2) is 10.3. The molecule has 2 aromatic heterocycles. The molecular weight excluding hydrogens is 438 g/mol. The Balaban J connectivity index is 1.59. The minimum atomic E-state index is -3.54. The Morgan fingerprint density at radius 3 is 2.62 bits per heavy atom. The molecule has 0 saturated carbocycles. The summed E-state index contributed by atoms with van der Waals surface area (Å²) in [5.41, 5.74) is 9.35. The van der Waals surface area contributed by atoms with E-state index in [1.165, 1.54) is 11.3 Å². The summed E-state index contributed by atoms with van der Waals surface area (Å²) in [6.07, 6.45) is -5.60. The summed E-state index contributed by atoms with van der Waals surface area (Å²) in [7, 11) is 0. The number of nitrogen functional groups attached to an aromatic ring is 1.